The summed E-state index contributed by atoms with van der Waals surface area (Å²) >= 11 is 3.32. The molecule has 0 radical (unpaired) electrons. The van der Waals surface area contributed by atoms with Crippen LogP contribution < -0.4 is 9.47 Å². The molecule has 0 bridgehead atoms. The van der Waals surface area contributed by atoms with Crippen LogP contribution in [0.1, 0.15) is 18.1 Å². The smallest absolute Gasteiger partial charge is 0.225 e. The van der Waals surface area contributed by atoms with Gasteiger partial charge < -0.3 is 14.6 Å². The van der Waals surface area contributed by atoms with Gasteiger partial charge >= 0.3 is 0 Å². The van der Waals surface area contributed by atoms with Crippen molar-refractivity contribution in [1.82, 2.24) is 4.98 Å². The van der Waals surface area contributed by atoms with E-state index in [0.717, 1.165) is 10.9 Å². The molecule has 0 amide bonds. The van der Waals surface area contributed by atoms with E-state index < -0.39 is 0 Å². The zero-order chi connectivity index (χ0) is 14.5. The molecule has 20 heavy (non-hydrogen) atoms. The largest absolute Gasteiger partial charge is 0.493 e. The summed E-state index contributed by atoms with van der Waals surface area (Å²) in [4.78, 5) is 4.18. The minimum Gasteiger partial charge on any atom is -0.493 e. The molecule has 0 aliphatic rings. The molecule has 1 aromatic carbocycles. The lowest BCUT2D eigenvalue weighted by Crippen LogP contribution is -1.97. The fraction of sp³-hybridized carbons (Fsp3) is 0.267. The van der Waals surface area contributed by atoms with Gasteiger partial charge in [-0.2, -0.15) is 0 Å². The summed E-state index contributed by atoms with van der Waals surface area (Å²) < 4.78 is 11.9. The Kier molecular flexibility index (Phi) is 4.98. The van der Waals surface area contributed by atoms with Crippen LogP contribution in [0.5, 0.6) is 17.4 Å². The molecule has 0 unspecified atom stereocenters. The van der Waals surface area contributed by atoms with Gasteiger partial charge in [0.05, 0.1) is 13.7 Å². The lowest BCUT2D eigenvalue weighted by molar-refractivity contribution is 0.274. The van der Waals surface area contributed by atoms with Crippen molar-refractivity contribution >= 4 is 15.9 Å². The second-order valence-electron chi connectivity index (χ2n) is 4.22. The number of ether oxygens (including phenoxy) is 2. The van der Waals surface area contributed by atoms with E-state index in [0.29, 0.717) is 22.9 Å². The number of aliphatic hydroxyl groups is 1. The Bertz CT molecular complexity index is 602. The molecule has 2 rings (SSSR count). The Hall–Kier alpha value is -1.59. The van der Waals surface area contributed by atoms with Gasteiger partial charge in [0.15, 0.2) is 11.5 Å². The molecule has 106 valence electrons. The number of hydrogen-bond donors (Lipinski definition) is 1. The highest BCUT2D eigenvalue weighted by Gasteiger charge is 2.11. The van der Waals surface area contributed by atoms with Gasteiger partial charge in [-0.1, -0.05) is 13.0 Å². The first-order valence-electron chi connectivity index (χ1n) is 6.28. The van der Waals surface area contributed by atoms with Crippen molar-refractivity contribution in [2.24, 2.45) is 0 Å². The van der Waals surface area contributed by atoms with E-state index in [1.807, 2.05) is 18.2 Å². The topological polar surface area (TPSA) is 51.6 Å². The monoisotopic (exact) mass is 337 g/mol. The van der Waals surface area contributed by atoms with Crippen LogP contribution in [0.15, 0.2) is 34.9 Å². The van der Waals surface area contributed by atoms with E-state index in [4.69, 9.17) is 9.47 Å². The normalized spacial score (nSPS) is 10.4. The van der Waals surface area contributed by atoms with E-state index in [-0.39, 0.29) is 6.61 Å². The number of aromatic nitrogens is 1. The van der Waals surface area contributed by atoms with Crippen molar-refractivity contribution < 1.29 is 14.6 Å². The zero-order valence-electron chi connectivity index (χ0n) is 11.4. The highest BCUT2D eigenvalue weighted by molar-refractivity contribution is 9.10. The van der Waals surface area contributed by atoms with E-state index in [9.17, 15) is 5.11 Å². The SMILES string of the molecule is CCc1ccc(Oc2ncc(Br)cc2CO)c(OC)c1. The van der Waals surface area contributed by atoms with Gasteiger partial charge in [-0.25, -0.2) is 4.98 Å². The highest BCUT2D eigenvalue weighted by atomic mass is 79.9. The number of pyridine rings is 1. The second kappa shape index (κ2) is 6.72. The molecule has 0 aliphatic heterocycles. The third kappa shape index (κ3) is 3.29. The molecule has 0 spiro atoms. The average Bonchev–Trinajstić information content (AvgIpc) is 2.49. The molecule has 1 aromatic heterocycles. The maximum atomic E-state index is 9.36. The first-order chi connectivity index (χ1) is 9.67. The first kappa shape index (κ1) is 14.8. The van der Waals surface area contributed by atoms with Crippen LogP contribution in [0.4, 0.5) is 0 Å². The van der Waals surface area contributed by atoms with Gasteiger partial charge in [-0.05, 0) is 46.1 Å². The summed E-state index contributed by atoms with van der Waals surface area (Å²) in [5.41, 5.74) is 1.78. The number of rotatable bonds is 5. The van der Waals surface area contributed by atoms with Crippen molar-refractivity contribution in [3.8, 4) is 17.4 Å². The summed E-state index contributed by atoms with van der Waals surface area (Å²) in [6.07, 6.45) is 2.55. The van der Waals surface area contributed by atoms with Crippen molar-refractivity contribution in [1.29, 1.82) is 0 Å². The highest BCUT2D eigenvalue weighted by Crippen LogP contribution is 2.33. The minimum absolute atomic E-state index is 0.142. The fourth-order valence-corrected chi connectivity index (χ4v) is 2.17. The number of nitrogens with zero attached hydrogens (tertiary/aromatic N) is 1. The molecule has 2 aromatic rings. The maximum Gasteiger partial charge on any atom is 0.225 e. The summed E-state index contributed by atoms with van der Waals surface area (Å²) in [7, 11) is 1.60. The first-order valence-corrected chi connectivity index (χ1v) is 7.07. The van der Waals surface area contributed by atoms with Crippen molar-refractivity contribution in [2.45, 2.75) is 20.0 Å². The van der Waals surface area contributed by atoms with Crippen LogP contribution in [0.25, 0.3) is 0 Å². The third-order valence-corrected chi connectivity index (χ3v) is 3.34. The van der Waals surface area contributed by atoms with Gasteiger partial charge in [0.2, 0.25) is 5.88 Å². The Morgan fingerprint density at radius 3 is 2.70 bits per heavy atom. The molecule has 1 heterocycles. The van der Waals surface area contributed by atoms with Crippen LogP contribution in [-0.4, -0.2) is 17.2 Å². The third-order valence-electron chi connectivity index (χ3n) is 2.91. The van der Waals surface area contributed by atoms with Crippen LogP contribution in [-0.2, 0) is 13.0 Å². The molecule has 5 heteroatoms. The quantitative estimate of drug-likeness (QED) is 0.903. The van der Waals surface area contributed by atoms with Gasteiger partial charge in [0, 0.05) is 16.2 Å². The van der Waals surface area contributed by atoms with Crippen LogP contribution in [0, 0.1) is 0 Å². The van der Waals surface area contributed by atoms with Gasteiger partial charge in [0.1, 0.15) is 0 Å². The van der Waals surface area contributed by atoms with Gasteiger partial charge in [-0.3, -0.25) is 0 Å². The minimum atomic E-state index is -0.142. The van der Waals surface area contributed by atoms with Crippen molar-refractivity contribution in [2.75, 3.05) is 7.11 Å². The summed E-state index contributed by atoms with van der Waals surface area (Å²) in [5, 5.41) is 9.36. The molecule has 0 saturated heterocycles. The second-order valence-corrected chi connectivity index (χ2v) is 5.13. The Labute approximate surface area is 126 Å². The zero-order valence-corrected chi connectivity index (χ0v) is 13.0. The molecule has 0 atom stereocenters. The molecule has 0 fully saturated rings. The van der Waals surface area contributed by atoms with E-state index in [1.165, 1.54) is 5.56 Å². The number of halogens is 1. The number of hydrogen-bond acceptors (Lipinski definition) is 4. The Balaban J connectivity index is 2.34. The predicted molar refractivity (Wildman–Crippen MR) is 80.3 cm³/mol. The number of aryl methyl sites for hydroxylation is 1. The summed E-state index contributed by atoms with van der Waals surface area (Å²) in [6, 6.07) is 7.54. The Morgan fingerprint density at radius 2 is 2.05 bits per heavy atom. The van der Waals surface area contributed by atoms with Crippen molar-refractivity contribution in [3.63, 3.8) is 0 Å². The molecule has 0 aliphatic carbocycles. The van der Waals surface area contributed by atoms with E-state index in [1.54, 1.807) is 19.4 Å². The number of aliphatic hydroxyl groups excluding tert-OH is 1. The summed E-state index contributed by atoms with van der Waals surface area (Å²) in [5.74, 6) is 1.60. The van der Waals surface area contributed by atoms with Crippen molar-refractivity contribution in [3.05, 3.63) is 46.1 Å². The van der Waals surface area contributed by atoms with Gasteiger partial charge in [-0.15, -0.1) is 0 Å². The molecule has 4 nitrogen and oxygen atoms in total. The maximum absolute atomic E-state index is 9.36. The van der Waals surface area contributed by atoms with Gasteiger partial charge in [0.25, 0.3) is 0 Å². The number of benzene rings is 1. The molecule has 0 saturated carbocycles. The Morgan fingerprint density at radius 1 is 1.25 bits per heavy atom. The van der Waals surface area contributed by atoms with Crippen LogP contribution >= 0.6 is 15.9 Å². The average molecular weight is 338 g/mol. The number of methoxy groups -OCH3 is 1. The lowest BCUT2D eigenvalue weighted by atomic mass is 10.1. The lowest BCUT2D eigenvalue weighted by Gasteiger charge is -2.13. The predicted octanol–water partition coefficient (Wildman–Crippen LogP) is 3.70. The fourth-order valence-electron chi connectivity index (χ4n) is 1.79. The molecule has 1 N–H and O–H groups in total. The van der Waals surface area contributed by atoms with Crippen LogP contribution in [0.2, 0.25) is 0 Å². The standard InChI is InChI=1S/C15H16BrNO3/c1-3-10-4-5-13(14(6-10)19-2)20-15-11(9-18)7-12(16)8-17-15/h4-8,18H,3,9H2,1-2H3. The molecular weight excluding hydrogens is 322 g/mol. The summed E-state index contributed by atoms with van der Waals surface area (Å²) in [6.45, 7) is 1.94. The van der Waals surface area contributed by atoms with Crippen LogP contribution in [0.3, 0.4) is 0 Å². The van der Waals surface area contributed by atoms with E-state index in [2.05, 4.69) is 27.8 Å². The van der Waals surface area contributed by atoms with E-state index >= 15 is 0 Å². The molecular formula is C15H16BrNO3.